The second kappa shape index (κ2) is 5.51. The van der Waals surface area contributed by atoms with Crippen LogP contribution in [-0.2, 0) is 0 Å². The number of nitrogens with zero attached hydrogens (tertiary/aromatic N) is 1. The number of hydrazine groups is 1. The molecule has 1 aromatic carbocycles. The summed E-state index contributed by atoms with van der Waals surface area (Å²) in [5.41, 5.74) is 8.20. The van der Waals surface area contributed by atoms with Gasteiger partial charge in [0.05, 0.1) is 11.8 Å². The highest BCUT2D eigenvalue weighted by Crippen LogP contribution is 2.16. The molecule has 4 heteroatoms. The molecule has 1 saturated carbocycles. The minimum atomic E-state index is 0.138. The SMILES string of the molecule is ON=C1CCCCC1NNc1ccccc1. The molecule has 16 heavy (non-hydrogen) atoms. The molecule has 0 bridgehead atoms. The van der Waals surface area contributed by atoms with Gasteiger partial charge in [-0.2, -0.15) is 0 Å². The van der Waals surface area contributed by atoms with Crippen LogP contribution in [0.1, 0.15) is 25.7 Å². The molecular formula is C12H17N3O. The molecule has 0 saturated heterocycles. The van der Waals surface area contributed by atoms with E-state index in [9.17, 15) is 0 Å². The Labute approximate surface area is 95.3 Å². The number of para-hydroxylation sites is 1. The average Bonchev–Trinajstić information content (AvgIpc) is 2.38. The van der Waals surface area contributed by atoms with Crippen molar-refractivity contribution < 1.29 is 5.21 Å². The molecule has 1 aromatic rings. The predicted octanol–water partition coefficient (Wildman–Crippen LogP) is 2.38. The molecule has 0 aliphatic heterocycles. The predicted molar refractivity (Wildman–Crippen MR) is 64.7 cm³/mol. The van der Waals surface area contributed by atoms with E-state index in [1.54, 1.807) is 0 Å². The summed E-state index contributed by atoms with van der Waals surface area (Å²) in [6.45, 7) is 0. The fraction of sp³-hybridized carbons (Fsp3) is 0.417. The Hall–Kier alpha value is -1.55. The molecule has 3 N–H and O–H groups in total. The number of hydrogen-bond acceptors (Lipinski definition) is 4. The number of anilines is 1. The van der Waals surface area contributed by atoms with E-state index in [1.165, 1.54) is 6.42 Å². The molecule has 1 aliphatic carbocycles. The van der Waals surface area contributed by atoms with Crippen molar-refractivity contribution in [2.75, 3.05) is 5.43 Å². The summed E-state index contributed by atoms with van der Waals surface area (Å²) in [4.78, 5) is 0. The van der Waals surface area contributed by atoms with Gasteiger partial charge >= 0.3 is 0 Å². The van der Waals surface area contributed by atoms with Crippen LogP contribution in [0.15, 0.2) is 35.5 Å². The summed E-state index contributed by atoms with van der Waals surface area (Å²) in [5, 5.41) is 12.2. The molecule has 1 aliphatic rings. The molecular weight excluding hydrogens is 202 g/mol. The third-order valence-electron chi connectivity index (χ3n) is 2.87. The van der Waals surface area contributed by atoms with E-state index in [2.05, 4.69) is 16.0 Å². The van der Waals surface area contributed by atoms with E-state index in [0.29, 0.717) is 0 Å². The summed E-state index contributed by atoms with van der Waals surface area (Å²) >= 11 is 0. The molecule has 0 aromatic heterocycles. The lowest BCUT2D eigenvalue weighted by molar-refractivity contribution is 0.311. The van der Waals surface area contributed by atoms with Crippen molar-refractivity contribution in [3.8, 4) is 0 Å². The van der Waals surface area contributed by atoms with E-state index in [4.69, 9.17) is 5.21 Å². The zero-order valence-electron chi connectivity index (χ0n) is 9.19. The number of rotatable bonds is 3. The first-order valence-electron chi connectivity index (χ1n) is 5.67. The molecule has 0 amide bonds. The molecule has 0 heterocycles. The van der Waals surface area contributed by atoms with Crippen LogP contribution in [0.2, 0.25) is 0 Å². The van der Waals surface area contributed by atoms with Gasteiger partial charge in [0.1, 0.15) is 0 Å². The van der Waals surface area contributed by atoms with E-state index >= 15 is 0 Å². The monoisotopic (exact) mass is 219 g/mol. The van der Waals surface area contributed by atoms with Gasteiger partial charge in [0.25, 0.3) is 0 Å². The highest BCUT2D eigenvalue weighted by molar-refractivity contribution is 5.89. The summed E-state index contributed by atoms with van der Waals surface area (Å²) in [6, 6.07) is 10.1. The lowest BCUT2D eigenvalue weighted by atomic mass is 9.94. The van der Waals surface area contributed by atoms with Crippen LogP contribution < -0.4 is 10.9 Å². The number of hydrogen-bond donors (Lipinski definition) is 3. The van der Waals surface area contributed by atoms with E-state index in [0.717, 1.165) is 30.7 Å². The van der Waals surface area contributed by atoms with Gasteiger partial charge in [0.2, 0.25) is 0 Å². The minimum Gasteiger partial charge on any atom is -0.411 e. The zero-order valence-corrected chi connectivity index (χ0v) is 9.19. The van der Waals surface area contributed by atoms with Gasteiger partial charge < -0.3 is 10.6 Å². The Morgan fingerprint density at radius 2 is 2.00 bits per heavy atom. The first-order valence-corrected chi connectivity index (χ1v) is 5.67. The lowest BCUT2D eigenvalue weighted by Crippen LogP contribution is -2.42. The van der Waals surface area contributed by atoms with Crippen molar-refractivity contribution in [2.45, 2.75) is 31.7 Å². The van der Waals surface area contributed by atoms with Crippen LogP contribution in [0.25, 0.3) is 0 Å². The van der Waals surface area contributed by atoms with Crippen LogP contribution in [-0.4, -0.2) is 17.0 Å². The maximum Gasteiger partial charge on any atom is 0.0757 e. The highest BCUT2D eigenvalue weighted by atomic mass is 16.4. The molecule has 86 valence electrons. The normalized spacial score (nSPS) is 23.2. The van der Waals surface area contributed by atoms with Crippen molar-refractivity contribution in [1.82, 2.24) is 5.43 Å². The van der Waals surface area contributed by atoms with Crippen molar-refractivity contribution in [2.24, 2.45) is 5.16 Å². The van der Waals surface area contributed by atoms with Gasteiger partial charge in [-0.1, -0.05) is 29.8 Å². The smallest absolute Gasteiger partial charge is 0.0757 e. The molecule has 0 radical (unpaired) electrons. The Morgan fingerprint density at radius 3 is 2.75 bits per heavy atom. The second-order valence-corrected chi connectivity index (χ2v) is 4.03. The Balaban J connectivity index is 1.89. The van der Waals surface area contributed by atoms with E-state index in [-0.39, 0.29) is 6.04 Å². The number of oxime groups is 1. The quantitative estimate of drug-likeness (QED) is 0.540. The summed E-state index contributed by atoms with van der Waals surface area (Å²) < 4.78 is 0. The minimum absolute atomic E-state index is 0.138. The van der Waals surface area contributed by atoms with E-state index < -0.39 is 0 Å². The van der Waals surface area contributed by atoms with Crippen molar-refractivity contribution in [3.63, 3.8) is 0 Å². The lowest BCUT2D eigenvalue weighted by Gasteiger charge is -2.24. The fourth-order valence-corrected chi connectivity index (χ4v) is 1.96. The van der Waals surface area contributed by atoms with Gasteiger partial charge in [0, 0.05) is 5.69 Å². The standard InChI is InChI=1S/C12H17N3O/c16-15-12-9-5-4-8-11(12)14-13-10-6-2-1-3-7-10/h1-3,6-7,11,13-14,16H,4-5,8-9H2. The van der Waals surface area contributed by atoms with Crippen molar-refractivity contribution in [1.29, 1.82) is 0 Å². The third kappa shape index (κ3) is 2.73. The number of nitrogens with one attached hydrogen (secondary N) is 2. The van der Waals surface area contributed by atoms with E-state index in [1.807, 2.05) is 30.3 Å². The maximum absolute atomic E-state index is 8.88. The van der Waals surface area contributed by atoms with Crippen molar-refractivity contribution >= 4 is 11.4 Å². The van der Waals surface area contributed by atoms with Crippen molar-refractivity contribution in [3.05, 3.63) is 30.3 Å². The summed E-state index contributed by atoms with van der Waals surface area (Å²) in [5.74, 6) is 0. The van der Waals surface area contributed by atoms with Crippen LogP contribution in [0, 0.1) is 0 Å². The molecule has 1 atom stereocenters. The van der Waals surface area contributed by atoms with Crippen LogP contribution in [0.5, 0.6) is 0 Å². The Bertz CT molecular complexity index is 351. The Morgan fingerprint density at radius 1 is 1.19 bits per heavy atom. The first kappa shape index (κ1) is 11.0. The van der Waals surface area contributed by atoms with Gasteiger partial charge in [0.15, 0.2) is 0 Å². The van der Waals surface area contributed by atoms with Gasteiger partial charge in [-0.05, 0) is 31.4 Å². The maximum atomic E-state index is 8.88. The fourth-order valence-electron chi connectivity index (χ4n) is 1.96. The van der Waals surface area contributed by atoms with Gasteiger partial charge in [-0.15, -0.1) is 0 Å². The molecule has 1 fully saturated rings. The van der Waals surface area contributed by atoms with Crippen LogP contribution >= 0.6 is 0 Å². The molecule has 4 nitrogen and oxygen atoms in total. The second-order valence-electron chi connectivity index (χ2n) is 4.03. The summed E-state index contributed by atoms with van der Waals surface area (Å²) in [6.07, 6.45) is 4.18. The average molecular weight is 219 g/mol. The molecule has 2 rings (SSSR count). The highest BCUT2D eigenvalue weighted by Gasteiger charge is 2.20. The largest absolute Gasteiger partial charge is 0.411 e. The number of benzene rings is 1. The third-order valence-corrected chi connectivity index (χ3v) is 2.87. The van der Waals surface area contributed by atoms with Crippen LogP contribution in [0.4, 0.5) is 5.69 Å². The Kier molecular flexibility index (Phi) is 3.77. The van der Waals surface area contributed by atoms with Gasteiger partial charge in [-0.25, -0.2) is 5.43 Å². The molecule has 0 spiro atoms. The zero-order chi connectivity index (χ0) is 11.2. The molecule has 1 unspecified atom stereocenters. The first-order chi connectivity index (χ1) is 7.90. The topological polar surface area (TPSA) is 56.7 Å². The van der Waals surface area contributed by atoms with Crippen LogP contribution in [0.3, 0.4) is 0 Å². The van der Waals surface area contributed by atoms with Gasteiger partial charge in [-0.3, -0.25) is 0 Å². The summed E-state index contributed by atoms with van der Waals surface area (Å²) in [7, 11) is 0.